The molecule has 3 N–H and O–H groups in total. The number of rotatable bonds is 4. The highest BCUT2D eigenvalue weighted by Gasteiger charge is 2.32. The first-order valence-corrected chi connectivity index (χ1v) is 8.18. The van der Waals surface area contributed by atoms with Crippen molar-refractivity contribution in [2.75, 3.05) is 6.54 Å². The summed E-state index contributed by atoms with van der Waals surface area (Å²) >= 11 is 0. The maximum absolute atomic E-state index is 12.5. The molecule has 0 aromatic heterocycles. The van der Waals surface area contributed by atoms with Crippen LogP contribution in [0.15, 0.2) is 42.5 Å². The van der Waals surface area contributed by atoms with Gasteiger partial charge >= 0.3 is 0 Å². The molecule has 3 nitrogen and oxygen atoms in total. The predicted molar refractivity (Wildman–Crippen MR) is 90.4 cm³/mol. The number of hydrogen-bond donors (Lipinski definition) is 2. The van der Waals surface area contributed by atoms with Crippen molar-refractivity contribution < 1.29 is 4.79 Å². The minimum absolute atomic E-state index is 0.0242. The quantitative estimate of drug-likeness (QED) is 0.908. The van der Waals surface area contributed by atoms with Crippen molar-refractivity contribution >= 4 is 16.7 Å². The lowest BCUT2D eigenvalue weighted by molar-refractivity contribution is -0.126. The summed E-state index contributed by atoms with van der Waals surface area (Å²) in [6.07, 6.45) is 3.17. The van der Waals surface area contributed by atoms with Gasteiger partial charge in [-0.05, 0) is 54.6 Å². The van der Waals surface area contributed by atoms with Crippen LogP contribution < -0.4 is 11.1 Å². The van der Waals surface area contributed by atoms with Gasteiger partial charge in [-0.25, -0.2) is 0 Å². The molecule has 0 heterocycles. The van der Waals surface area contributed by atoms with Crippen LogP contribution in [0.1, 0.15) is 37.8 Å². The third kappa shape index (κ3) is 3.00. The van der Waals surface area contributed by atoms with Gasteiger partial charge in [-0.2, -0.15) is 0 Å². The fourth-order valence-corrected chi connectivity index (χ4v) is 3.55. The van der Waals surface area contributed by atoms with Gasteiger partial charge in [0.1, 0.15) is 0 Å². The summed E-state index contributed by atoms with van der Waals surface area (Å²) in [4.78, 5) is 12.5. The molecule has 3 atom stereocenters. The Kier molecular flexibility index (Phi) is 4.44. The van der Waals surface area contributed by atoms with E-state index in [1.807, 2.05) is 12.1 Å². The van der Waals surface area contributed by atoms with Gasteiger partial charge in [0.05, 0.1) is 6.04 Å². The summed E-state index contributed by atoms with van der Waals surface area (Å²) in [5, 5.41) is 5.61. The van der Waals surface area contributed by atoms with E-state index in [9.17, 15) is 4.79 Å². The van der Waals surface area contributed by atoms with E-state index in [2.05, 4.69) is 42.6 Å². The third-order valence-corrected chi connectivity index (χ3v) is 4.93. The van der Waals surface area contributed by atoms with E-state index in [0.29, 0.717) is 12.5 Å². The number of benzene rings is 2. The Balaban J connectivity index is 1.72. The average Bonchev–Trinajstić information content (AvgIpc) is 3.03. The zero-order valence-electron chi connectivity index (χ0n) is 13.1. The van der Waals surface area contributed by atoms with E-state index < -0.39 is 0 Å². The summed E-state index contributed by atoms with van der Waals surface area (Å²) in [7, 11) is 0. The van der Waals surface area contributed by atoms with Crippen LogP contribution in [-0.4, -0.2) is 12.5 Å². The van der Waals surface area contributed by atoms with Gasteiger partial charge in [-0.3, -0.25) is 4.79 Å². The van der Waals surface area contributed by atoms with Crippen molar-refractivity contribution in [3.8, 4) is 0 Å². The van der Waals surface area contributed by atoms with Crippen LogP contribution in [0.25, 0.3) is 10.8 Å². The zero-order valence-corrected chi connectivity index (χ0v) is 13.1. The van der Waals surface area contributed by atoms with Crippen LogP contribution in [0.2, 0.25) is 0 Å². The summed E-state index contributed by atoms with van der Waals surface area (Å²) in [5.41, 5.74) is 6.93. The molecular weight excluding hydrogens is 272 g/mol. The lowest BCUT2D eigenvalue weighted by Gasteiger charge is -2.21. The Labute approximate surface area is 131 Å². The minimum atomic E-state index is 0.0242. The molecule has 1 saturated carbocycles. The molecule has 1 aliphatic rings. The average molecular weight is 296 g/mol. The van der Waals surface area contributed by atoms with Crippen LogP contribution in [0, 0.1) is 11.8 Å². The monoisotopic (exact) mass is 296 g/mol. The fourth-order valence-electron chi connectivity index (χ4n) is 3.55. The van der Waals surface area contributed by atoms with Gasteiger partial charge in [0.2, 0.25) is 5.91 Å². The standard InChI is InChI=1S/C19H24N2O/c1-13(21-19(22)18-8-4-7-17(18)12-20)15-10-9-14-5-2-3-6-16(14)11-15/h2-3,5-6,9-11,13,17-18H,4,7-8,12,20H2,1H3,(H,21,22)/t13?,17-,18-/m1/s1. The number of fused-ring (bicyclic) bond motifs is 1. The molecule has 2 aromatic rings. The van der Waals surface area contributed by atoms with Crippen molar-refractivity contribution in [1.29, 1.82) is 0 Å². The summed E-state index contributed by atoms with van der Waals surface area (Å²) < 4.78 is 0. The lowest BCUT2D eigenvalue weighted by Crippen LogP contribution is -2.36. The number of amides is 1. The normalized spacial score (nSPS) is 22.6. The Bertz CT molecular complexity index is 667. The Morgan fingerprint density at radius 3 is 2.77 bits per heavy atom. The van der Waals surface area contributed by atoms with Crippen LogP contribution in [-0.2, 0) is 4.79 Å². The molecule has 1 aliphatic carbocycles. The number of carbonyl (C=O) groups is 1. The van der Waals surface area contributed by atoms with Gasteiger partial charge in [0.15, 0.2) is 0 Å². The molecule has 0 radical (unpaired) electrons. The van der Waals surface area contributed by atoms with Crippen molar-refractivity contribution in [1.82, 2.24) is 5.32 Å². The summed E-state index contributed by atoms with van der Waals surface area (Å²) in [5.74, 6) is 0.602. The van der Waals surface area contributed by atoms with Crippen LogP contribution in [0.5, 0.6) is 0 Å². The van der Waals surface area contributed by atoms with Gasteiger partial charge < -0.3 is 11.1 Å². The number of nitrogens with two attached hydrogens (primary N) is 1. The first-order valence-electron chi connectivity index (χ1n) is 8.18. The Morgan fingerprint density at radius 1 is 1.23 bits per heavy atom. The van der Waals surface area contributed by atoms with Crippen LogP contribution >= 0.6 is 0 Å². The molecule has 0 spiro atoms. The van der Waals surface area contributed by atoms with E-state index in [1.54, 1.807) is 0 Å². The van der Waals surface area contributed by atoms with Crippen molar-refractivity contribution in [2.24, 2.45) is 17.6 Å². The van der Waals surface area contributed by atoms with Crippen LogP contribution in [0.4, 0.5) is 0 Å². The topological polar surface area (TPSA) is 55.1 Å². The SMILES string of the molecule is CC(NC(=O)[C@@H]1CCC[C@@H]1CN)c1ccc2ccccc2c1. The molecule has 1 unspecified atom stereocenters. The maximum atomic E-state index is 12.5. The van der Waals surface area contributed by atoms with Gasteiger partial charge in [0, 0.05) is 5.92 Å². The molecule has 0 bridgehead atoms. The first kappa shape index (κ1) is 15.0. The number of hydrogen-bond acceptors (Lipinski definition) is 2. The lowest BCUT2D eigenvalue weighted by atomic mass is 9.94. The summed E-state index contributed by atoms with van der Waals surface area (Å²) in [6.45, 7) is 2.66. The minimum Gasteiger partial charge on any atom is -0.349 e. The van der Waals surface area contributed by atoms with E-state index in [4.69, 9.17) is 5.73 Å². The Morgan fingerprint density at radius 2 is 2.00 bits per heavy atom. The largest absolute Gasteiger partial charge is 0.349 e. The second-order valence-electron chi connectivity index (χ2n) is 6.37. The van der Waals surface area contributed by atoms with Crippen molar-refractivity contribution in [3.05, 3.63) is 48.0 Å². The molecule has 22 heavy (non-hydrogen) atoms. The maximum Gasteiger partial charge on any atom is 0.223 e. The molecule has 1 amide bonds. The van der Waals surface area contributed by atoms with Crippen LogP contribution in [0.3, 0.4) is 0 Å². The van der Waals surface area contributed by atoms with Gasteiger partial charge in [0.25, 0.3) is 0 Å². The molecule has 2 aromatic carbocycles. The van der Waals surface area contributed by atoms with E-state index in [1.165, 1.54) is 10.8 Å². The molecule has 0 saturated heterocycles. The molecule has 3 heteroatoms. The molecular formula is C19H24N2O. The Hall–Kier alpha value is -1.87. The van der Waals surface area contributed by atoms with E-state index >= 15 is 0 Å². The molecule has 3 rings (SSSR count). The van der Waals surface area contributed by atoms with Crippen molar-refractivity contribution in [2.45, 2.75) is 32.2 Å². The highest BCUT2D eigenvalue weighted by molar-refractivity contribution is 5.83. The smallest absolute Gasteiger partial charge is 0.223 e. The van der Waals surface area contributed by atoms with Crippen molar-refractivity contribution in [3.63, 3.8) is 0 Å². The fraction of sp³-hybridized carbons (Fsp3) is 0.421. The highest BCUT2D eigenvalue weighted by Crippen LogP contribution is 2.31. The molecule has 0 aliphatic heterocycles. The zero-order chi connectivity index (χ0) is 15.5. The number of carbonyl (C=O) groups excluding carboxylic acids is 1. The summed E-state index contributed by atoms with van der Waals surface area (Å²) in [6, 6.07) is 14.7. The number of nitrogens with one attached hydrogen (secondary N) is 1. The first-order chi connectivity index (χ1) is 10.7. The van der Waals surface area contributed by atoms with Gasteiger partial charge in [-0.1, -0.05) is 42.8 Å². The highest BCUT2D eigenvalue weighted by atomic mass is 16.2. The molecule has 1 fully saturated rings. The van der Waals surface area contributed by atoms with Gasteiger partial charge in [-0.15, -0.1) is 0 Å². The predicted octanol–water partition coefficient (Wildman–Crippen LogP) is 3.39. The van der Waals surface area contributed by atoms with E-state index in [0.717, 1.165) is 24.8 Å². The third-order valence-electron chi connectivity index (χ3n) is 4.93. The van der Waals surface area contributed by atoms with E-state index in [-0.39, 0.29) is 17.9 Å². The second kappa shape index (κ2) is 6.49. The second-order valence-corrected chi connectivity index (χ2v) is 6.37. The molecule has 116 valence electrons.